The second-order valence-electron chi connectivity index (χ2n) is 7.51. The Labute approximate surface area is 156 Å². The molecule has 1 atom stereocenters. The zero-order chi connectivity index (χ0) is 18.6. The summed E-state index contributed by atoms with van der Waals surface area (Å²) < 4.78 is 4.64. The minimum atomic E-state index is -0.0778. The van der Waals surface area contributed by atoms with Crippen LogP contribution in [0.25, 0.3) is 0 Å². The predicted molar refractivity (Wildman–Crippen MR) is 107 cm³/mol. The molecule has 0 rings (SSSR count). The zero-order valence-corrected chi connectivity index (χ0v) is 17.1. The van der Waals surface area contributed by atoms with Gasteiger partial charge >= 0.3 is 5.97 Å². The molecule has 0 aliphatic carbocycles. The summed E-state index contributed by atoms with van der Waals surface area (Å²) >= 11 is 0. The van der Waals surface area contributed by atoms with Crippen LogP contribution < -0.4 is 0 Å². The summed E-state index contributed by atoms with van der Waals surface area (Å²) in [6.07, 6.45) is 21.4. The molecular weight excluding hydrogens is 312 g/mol. The van der Waals surface area contributed by atoms with Crippen molar-refractivity contribution in [3.63, 3.8) is 0 Å². The molecule has 0 heterocycles. The minimum Gasteiger partial charge on any atom is -0.469 e. The highest BCUT2D eigenvalue weighted by Crippen LogP contribution is 2.15. The maximum absolute atomic E-state index is 11.0. The third kappa shape index (κ3) is 19.6. The number of ether oxygens (including phenoxy) is 1. The number of esters is 1. The molecule has 3 heteroatoms. The van der Waals surface area contributed by atoms with Gasteiger partial charge in [-0.25, -0.2) is 0 Å². The summed E-state index contributed by atoms with van der Waals surface area (Å²) in [6.45, 7) is 2.21. The molecule has 0 spiro atoms. The fourth-order valence-corrected chi connectivity index (χ4v) is 3.29. The van der Waals surface area contributed by atoms with Gasteiger partial charge in [-0.05, 0) is 19.3 Å². The van der Waals surface area contributed by atoms with E-state index in [1.165, 1.54) is 90.6 Å². The van der Waals surface area contributed by atoms with E-state index in [0.717, 1.165) is 25.7 Å². The van der Waals surface area contributed by atoms with Crippen LogP contribution in [0.2, 0.25) is 0 Å². The Balaban J connectivity index is 3.10. The second kappa shape index (κ2) is 19.8. The zero-order valence-electron chi connectivity index (χ0n) is 17.1. The molecular formula is C22H44O3. The maximum Gasteiger partial charge on any atom is 0.305 e. The first-order chi connectivity index (χ1) is 12.2. The van der Waals surface area contributed by atoms with E-state index in [1.807, 2.05) is 0 Å². The molecule has 1 unspecified atom stereocenters. The first kappa shape index (κ1) is 24.4. The number of aliphatic hydroxyl groups is 1. The molecule has 25 heavy (non-hydrogen) atoms. The lowest BCUT2D eigenvalue weighted by atomic mass is 10.0. The van der Waals surface area contributed by atoms with E-state index in [9.17, 15) is 9.90 Å². The van der Waals surface area contributed by atoms with Gasteiger partial charge in [0.15, 0.2) is 0 Å². The van der Waals surface area contributed by atoms with Crippen molar-refractivity contribution in [1.29, 1.82) is 0 Å². The van der Waals surface area contributed by atoms with Gasteiger partial charge in [0.1, 0.15) is 0 Å². The largest absolute Gasteiger partial charge is 0.469 e. The van der Waals surface area contributed by atoms with Crippen LogP contribution in [-0.4, -0.2) is 24.3 Å². The van der Waals surface area contributed by atoms with Crippen molar-refractivity contribution in [2.75, 3.05) is 7.11 Å². The molecule has 1 N–H and O–H groups in total. The standard InChI is InChI=1S/C22H44O3/c1-3-4-15-18-21(23)19-16-13-11-9-7-5-6-8-10-12-14-17-20-22(24)25-2/h21,23H,3-20H2,1-2H3. The van der Waals surface area contributed by atoms with Crippen LogP contribution in [0.4, 0.5) is 0 Å². The Morgan fingerprint density at radius 1 is 0.720 bits per heavy atom. The normalized spacial score (nSPS) is 12.3. The number of hydrogen-bond donors (Lipinski definition) is 1. The average molecular weight is 357 g/mol. The molecule has 3 nitrogen and oxygen atoms in total. The molecule has 0 aliphatic heterocycles. The minimum absolute atomic E-state index is 0.0563. The van der Waals surface area contributed by atoms with Gasteiger partial charge in [-0.3, -0.25) is 4.79 Å². The van der Waals surface area contributed by atoms with Crippen LogP contribution in [0, 0.1) is 0 Å². The SMILES string of the molecule is CCCCCC(O)CCCCCCCCCCCCCCC(=O)OC. The lowest BCUT2D eigenvalue weighted by Gasteiger charge is -2.09. The summed E-state index contributed by atoms with van der Waals surface area (Å²) in [5, 5.41) is 9.87. The topological polar surface area (TPSA) is 46.5 Å². The summed E-state index contributed by atoms with van der Waals surface area (Å²) in [5.74, 6) is -0.0778. The van der Waals surface area contributed by atoms with E-state index in [-0.39, 0.29) is 12.1 Å². The molecule has 150 valence electrons. The fraction of sp³-hybridized carbons (Fsp3) is 0.955. The molecule has 0 aromatic heterocycles. The Morgan fingerprint density at radius 2 is 1.12 bits per heavy atom. The molecule has 0 saturated carbocycles. The summed E-state index contributed by atoms with van der Waals surface area (Å²) in [4.78, 5) is 11.0. The predicted octanol–water partition coefficient (Wildman–Crippen LogP) is 6.56. The number of carbonyl (C=O) groups is 1. The molecule has 0 bridgehead atoms. The van der Waals surface area contributed by atoms with Crippen molar-refractivity contribution in [3.8, 4) is 0 Å². The van der Waals surface area contributed by atoms with Crippen molar-refractivity contribution in [2.45, 2.75) is 129 Å². The lowest BCUT2D eigenvalue weighted by Crippen LogP contribution is -2.05. The van der Waals surface area contributed by atoms with E-state index in [1.54, 1.807) is 0 Å². The second-order valence-corrected chi connectivity index (χ2v) is 7.51. The lowest BCUT2D eigenvalue weighted by molar-refractivity contribution is -0.140. The molecule has 0 aromatic carbocycles. The number of hydrogen-bond acceptors (Lipinski definition) is 3. The average Bonchev–Trinajstić information content (AvgIpc) is 2.61. The van der Waals surface area contributed by atoms with Gasteiger partial charge in [-0.2, -0.15) is 0 Å². The van der Waals surface area contributed by atoms with Crippen LogP contribution in [0.5, 0.6) is 0 Å². The van der Waals surface area contributed by atoms with Crippen molar-refractivity contribution in [1.82, 2.24) is 0 Å². The number of unbranched alkanes of at least 4 members (excludes halogenated alkanes) is 13. The molecule has 0 fully saturated rings. The number of rotatable bonds is 19. The van der Waals surface area contributed by atoms with Gasteiger partial charge in [-0.1, -0.05) is 96.8 Å². The Hall–Kier alpha value is -0.570. The number of carbonyl (C=O) groups excluding carboxylic acids is 1. The highest BCUT2D eigenvalue weighted by Gasteiger charge is 2.03. The van der Waals surface area contributed by atoms with Crippen molar-refractivity contribution < 1.29 is 14.6 Å². The van der Waals surface area contributed by atoms with Crippen molar-refractivity contribution in [2.24, 2.45) is 0 Å². The maximum atomic E-state index is 11.0. The first-order valence-corrected chi connectivity index (χ1v) is 11.0. The van der Waals surface area contributed by atoms with Gasteiger partial charge in [-0.15, -0.1) is 0 Å². The molecule has 0 radical (unpaired) electrons. The quantitative estimate of drug-likeness (QED) is 0.210. The first-order valence-electron chi connectivity index (χ1n) is 11.0. The number of methoxy groups -OCH3 is 1. The van der Waals surface area contributed by atoms with Crippen LogP contribution >= 0.6 is 0 Å². The number of aliphatic hydroxyl groups excluding tert-OH is 1. The summed E-state index contributed by atoms with van der Waals surface area (Å²) in [5.41, 5.74) is 0. The van der Waals surface area contributed by atoms with Crippen LogP contribution in [0.15, 0.2) is 0 Å². The van der Waals surface area contributed by atoms with Gasteiger partial charge < -0.3 is 9.84 Å². The third-order valence-corrected chi connectivity index (χ3v) is 5.04. The highest BCUT2D eigenvalue weighted by atomic mass is 16.5. The summed E-state index contributed by atoms with van der Waals surface area (Å²) in [7, 11) is 1.46. The molecule has 0 amide bonds. The smallest absolute Gasteiger partial charge is 0.305 e. The Kier molecular flexibility index (Phi) is 19.3. The van der Waals surface area contributed by atoms with E-state index < -0.39 is 0 Å². The Morgan fingerprint density at radius 3 is 1.56 bits per heavy atom. The highest BCUT2D eigenvalue weighted by molar-refractivity contribution is 5.68. The van der Waals surface area contributed by atoms with Crippen molar-refractivity contribution >= 4 is 5.97 Å². The molecule has 0 aliphatic rings. The Bertz CT molecular complexity index is 278. The van der Waals surface area contributed by atoms with Gasteiger partial charge in [0.05, 0.1) is 13.2 Å². The van der Waals surface area contributed by atoms with Crippen molar-refractivity contribution in [3.05, 3.63) is 0 Å². The van der Waals surface area contributed by atoms with E-state index in [4.69, 9.17) is 0 Å². The molecule has 0 aromatic rings. The fourth-order valence-electron chi connectivity index (χ4n) is 3.29. The third-order valence-electron chi connectivity index (χ3n) is 5.04. The van der Waals surface area contributed by atoms with E-state index in [2.05, 4.69) is 11.7 Å². The van der Waals surface area contributed by atoms with E-state index >= 15 is 0 Å². The monoisotopic (exact) mass is 356 g/mol. The van der Waals surface area contributed by atoms with Crippen LogP contribution in [0.3, 0.4) is 0 Å². The summed E-state index contributed by atoms with van der Waals surface area (Å²) in [6, 6.07) is 0. The van der Waals surface area contributed by atoms with Crippen LogP contribution in [0.1, 0.15) is 122 Å². The van der Waals surface area contributed by atoms with Gasteiger partial charge in [0.25, 0.3) is 0 Å². The van der Waals surface area contributed by atoms with E-state index in [0.29, 0.717) is 6.42 Å². The van der Waals surface area contributed by atoms with Gasteiger partial charge in [0.2, 0.25) is 0 Å². The van der Waals surface area contributed by atoms with Crippen LogP contribution in [-0.2, 0) is 9.53 Å². The van der Waals surface area contributed by atoms with Gasteiger partial charge in [0, 0.05) is 6.42 Å². The molecule has 0 saturated heterocycles.